The standard InChI is InChI=1S/C21H27FN2O4/c1-12(2)7-9-21(20(27)28)11-24(10-8-16(21)25)19(26)17-13(3)14-5-4-6-15(22)18(14)23-17/h4-6,12,16,23,25H,7-11H2,1-3H3,(H,27,28)/t16-,21-/m1/s1. The Morgan fingerprint density at radius 1 is 1.39 bits per heavy atom. The van der Waals surface area contributed by atoms with Crippen LogP contribution in [0.4, 0.5) is 4.39 Å². The van der Waals surface area contributed by atoms with Crippen molar-refractivity contribution in [2.75, 3.05) is 13.1 Å². The minimum absolute atomic E-state index is 0.0632. The van der Waals surface area contributed by atoms with Crippen LogP contribution < -0.4 is 0 Å². The van der Waals surface area contributed by atoms with E-state index in [1.165, 1.54) is 11.0 Å². The number of hydrogen-bond acceptors (Lipinski definition) is 3. The molecule has 1 aliphatic rings. The average Bonchev–Trinajstić information content (AvgIpc) is 2.98. The lowest BCUT2D eigenvalue weighted by Crippen LogP contribution is -2.57. The van der Waals surface area contributed by atoms with E-state index in [1.807, 2.05) is 13.8 Å². The number of aryl methyl sites for hydroxylation is 1. The number of carboxylic acid groups (broad SMARTS) is 1. The highest BCUT2D eigenvalue weighted by Crippen LogP contribution is 2.37. The van der Waals surface area contributed by atoms with Crippen molar-refractivity contribution < 1.29 is 24.2 Å². The summed E-state index contributed by atoms with van der Waals surface area (Å²) in [6.07, 6.45) is 0.130. The Bertz CT molecular complexity index is 907. The van der Waals surface area contributed by atoms with Gasteiger partial charge in [-0.3, -0.25) is 9.59 Å². The first-order chi connectivity index (χ1) is 13.2. The number of carboxylic acids is 1. The zero-order valence-corrected chi connectivity index (χ0v) is 16.5. The van der Waals surface area contributed by atoms with Crippen LogP contribution in [0.25, 0.3) is 10.9 Å². The van der Waals surface area contributed by atoms with E-state index in [2.05, 4.69) is 4.98 Å². The van der Waals surface area contributed by atoms with Crippen molar-refractivity contribution in [1.29, 1.82) is 0 Å². The number of aromatic amines is 1. The predicted molar refractivity (Wildman–Crippen MR) is 104 cm³/mol. The van der Waals surface area contributed by atoms with Crippen LogP contribution in [-0.2, 0) is 4.79 Å². The van der Waals surface area contributed by atoms with Gasteiger partial charge in [0.25, 0.3) is 5.91 Å². The molecular formula is C21H27FN2O4. The van der Waals surface area contributed by atoms with Gasteiger partial charge in [-0.1, -0.05) is 26.0 Å². The molecule has 2 atom stereocenters. The Kier molecular flexibility index (Phi) is 5.48. The predicted octanol–water partition coefficient (Wildman–Crippen LogP) is 3.33. The third kappa shape index (κ3) is 3.39. The number of hydrogen-bond donors (Lipinski definition) is 3. The van der Waals surface area contributed by atoms with Crippen LogP contribution in [0.1, 0.15) is 49.2 Å². The van der Waals surface area contributed by atoms with E-state index in [0.717, 1.165) is 0 Å². The van der Waals surface area contributed by atoms with Crippen LogP contribution >= 0.6 is 0 Å². The SMILES string of the molecule is Cc1c(C(=O)N2CC[C@@H](O)[C@](CCC(C)C)(C(=O)O)C2)[nH]c2c(F)cccc12. The van der Waals surface area contributed by atoms with E-state index >= 15 is 0 Å². The van der Waals surface area contributed by atoms with Crippen LogP contribution in [0.3, 0.4) is 0 Å². The van der Waals surface area contributed by atoms with Crippen molar-refractivity contribution in [1.82, 2.24) is 9.88 Å². The summed E-state index contributed by atoms with van der Waals surface area (Å²) in [6.45, 7) is 5.93. The van der Waals surface area contributed by atoms with Crippen LogP contribution in [0.2, 0.25) is 0 Å². The molecule has 3 N–H and O–H groups in total. The molecule has 3 rings (SSSR count). The minimum atomic E-state index is -1.39. The summed E-state index contributed by atoms with van der Waals surface area (Å²) in [6, 6.07) is 4.65. The Labute approximate surface area is 163 Å². The summed E-state index contributed by atoms with van der Waals surface area (Å²) in [7, 11) is 0. The van der Waals surface area contributed by atoms with Gasteiger partial charge in [-0.05, 0) is 43.7 Å². The van der Waals surface area contributed by atoms with Gasteiger partial charge in [-0.25, -0.2) is 4.39 Å². The monoisotopic (exact) mass is 390 g/mol. The summed E-state index contributed by atoms with van der Waals surface area (Å²) in [5.74, 6) is -1.60. The molecular weight excluding hydrogens is 363 g/mol. The zero-order chi connectivity index (χ0) is 20.6. The molecule has 28 heavy (non-hydrogen) atoms. The third-order valence-corrected chi connectivity index (χ3v) is 5.92. The molecule has 1 fully saturated rings. The Hall–Kier alpha value is -2.41. The van der Waals surface area contributed by atoms with Crippen molar-refractivity contribution in [3.8, 4) is 0 Å². The van der Waals surface area contributed by atoms with Crippen molar-refractivity contribution in [3.63, 3.8) is 0 Å². The molecule has 0 saturated carbocycles. The molecule has 2 heterocycles. The van der Waals surface area contributed by atoms with Crippen molar-refractivity contribution in [3.05, 3.63) is 35.3 Å². The molecule has 1 saturated heterocycles. The number of piperidine rings is 1. The maximum atomic E-state index is 14.1. The second-order valence-corrected chi connectivity index (χ2v) is 8.21. The number of nitrogens with zero attached hydrogens (tertiary/aromatic N) is 1. The Balaban J connectivity index is 1.93. The van der Waals surface area contributed by atoms with Gasteiger partial charge in [0.1, 0.15) is 16.9 Å². The second-order valence-electron chi connectivity index (χ2n) is 8.21. The molecule has 1 aliphatic heterocycles. The number of nitrogens with one attached hydrogen (secondary N) is 1. The quantitative estimate of drug-likeness (QED) is 0.730. The van der Waals surface area contributed by atoms with Gasteiger partial charge < -0.3 is 20.1 Å². The molecule has 1 amide bonds. The summed E-state index contributed by atoms with van der Waals surface area (Å²) in [4.78, 5) is 29.6. The summed E-state index contributed by atoms with van der Waals surface area (Å²) < 4.78 is 14.1. The van der Waals surface area contributed by atoms with Crippen molar-refractivity contribution in [2.24, 2.45) is 11.3 Å². The highest BCUT2D eigenvalue weighted by atomic mass is 19.1. The zero-order valence-electron chi connectivity index (χ0n) is 16.5. The fraction of sp³-hybridized carbons (Fsp3) is 0.524. The molecule has 1 aromatic heterocycles. The first-order valence-electron chi connectivity index (χ1n) is 9.65. The number of benzene rings is 1. The molecule has 152 valence electrons. The van der Waals surface area contributed by atoms with E-state index in [1.54, 1.807) is 19.1 Å². The maximum absolute atomic E-state index is 14.1. The van der Waals surface area contributed by atoms with E-state index in [0.29, 0.717) is 23.8 Å². The first kappa shape index (κ1) is 20.3. The second kappa shape index (κ2) is 7.54. The summed E-state index contributed by atoms with van der Waals surface area (Å²) >= 11 is 0. The number of carbonyl (C=O) groups excluding carboxylic acids is 1. The smallest absolute Gasteiger partial charge is 0.314 e. The van der Waals surface area contributed by atoms with E-state index < -0.39 is 23.3 Å². The van der Waals surface area contributed by atoms with Gasteiger partial charge in [0, 0.05) is 18.5 Å². The van der Waals surface area contributed by atoms with Gasteiger partial charge in [-0.2, -0.15) is 0 Å². The number of amides is 1. The number of likely N-dealkylation sites (tertiary alicyclic amines) is 1. The van der Waals surface area contributed by atoms with Crippen molar-refractivity contribution in [2.45, 2.75) is 46.1 Å². The Morgan fingerprint density at radius 3 is 2.71 bits per heavy atom. The normalized spacial score (nSPS) is 22.8. The average molecular weight is 390 g/mol. The van der Waals surface area contributed by atoms with Crippen molar-refractivity contribution >= 4 is 22.8 Å². The number of aliphatic carboxylic acids is 1. The third-order valence-electron chi connectivity index (χ3n) is 5.92. The van der Waals surface area contributed by atoms with E-state index in [-0.39, 0.29) is 42.5 Å². The number of aliphatic hydroxyl groups excluding tert-OH is 1. The first-order valence-corrected chi connectivity index (χ1v) is 9.65. The van der Waals surface area contributed by atoms with Gasteiger partial charge >= 0.3 is 5.97 Å². The minimum Gasteiger partial charge on any atom is -0.481 e. The van der Waals surface area contributed by atoms with E-state index in [4.69, 9.17) is 0 Å². The molecule has 7 heteroatoms. The molecule has 0 unspecified atom stereocenters. The van der Waals surface area contributed by atoms with Crippen LogP contribution in [-0.4, -0.2) is 51.2 Å². The number of para-hydroxylation sites is 1. The number of halogens is 1. The fourth-order valence-corrected chi connectivity index (χ4v) is 4.05. The Morgan fingerprint density at radius 2 is 2.11 bits per heavy atom. The molecule has 0 radical (unpaired) electrons. The highest BCUT2D eigenvalue weighted by Gasteiger charge is 2.50. The molecule has 6 nitrogen and oxygen atoms in total. The number of rotatable bonds is 5. The number of aliphatic hydroxyl groups is 1. The van der Waals surface area contributed by atoms with E-state index in [9.17, 15) is 24.2 Å². The molecule has 1 aromatic carbocycles. The van der Waals surface area contributed by atoms with Gasteiger partial charge in [-0.15, -0.1) is 0 Å². The lowest BCUT2D eigenvalue weighted by Gasteiger charge is -2.43. The topological polar surface area (TPSA) is 93.6 Å². The van der Waals surface area contributed by atoms with Crippen LogP contribution in [0.15, 0.2) is 18.2 Å². The number of aromatic nitrogens is 1. The molecule has 0 spiro atoms. The summed E-state index contributed by atoms with van der Waals surface area (Å²) in [5, 5.41) is 21.0. The number of H-pyrrole nitrogens is 1. The van der Waals surface area contributed by atoms with Crippen LogP contribution in [0.5, 0.6) is 0 Å². The lowest BCUT2D eigenvalue weighted by molar-refractivity contribution is -0.163. The summed E-state index contributed by atoms with van der Waals surface area (Å²) in [5.41, 5.74) is -0.221. The molecule has 0 bridgehead atoms. The van der Waals surface area contributed by atoms with Gasteiger partial charge in [0.2, 0.25) is 0 Å². The lowest BCUT2D eigenvalue weighted by atomic mass is 9.72. The largest absolute Gasteiger partial charge is 0.481 e. The highest BCUT2D eigenvalue weighted by molar-refractivity contribution is 6.01. The maximum Gasteiger partial charge on any atom is 0.314 e. The fourth-order valence-electron chi connectivity index (χ4n) is 4.05. The van der Waals surface area contributed by atoms with Crippen LogP contribution in [0, 0.1) is 24.1 Å². The van der Waals surface area contributed by atoms with Gasteiger partial charge in [0.15, 0.2) is 0 Å². The number of fused-ring (bicyclic) bond motifs is 1. The number of carbonyl (C=O) groups is 2. The molecule has 0 aliphatic carbocycles. The molecule has 2 aromatic rings. The van der Waals surface area contributed by atoms with Gasteiger partial charge in [0.05, 0.1) is 11.6 Å².